The van der Waals surface area contributed by atoms with E-state index >= 15 is 0 Å². The van der Waals surface area contributed by atoms with Gasteiger partial charge in [0, 0.05) is 26.0 Å². The van der Waals surface area contributed by atoms with Crippen LogP contribution in [0.25, 0.3) is 0 Å². The topological polar surface area (TPSA) is 72.8 Å². The van der Waals surface area contributed by atoms with Gasteiger partial charge in [0.2, 0.25) is 11.9 Å². The lowest BCUT2D eigenvalue weighted by molar-refractivity contribution is -0.133. The zero-order chi connectivity index (χ0) is 16.3. The van der Waals surface area contributed by atoms with Gasteiger partial charge in [0.1, 0.15) is 5.60 Å². The Morgan fingerprint density at radius 3 is 2.70 bits per heavy atom. The molecule has 0 saturated carbocycles. The summed E-state index contributed by atoms with van der Waals surface area (Å²) in [5.74, 6) is 0.712. The molecule has 3 rings (SSSR count). The van der Waals surface area contributed by atoms with Crippen LogP contribution in [-0.2, 0) is 4.79 Å². The van der Waals surface area contributed by atoms with E-state index < -0.39 is 5.60 Å². The summed E-state index contributed by atoms with van der Waals surface area (Å²) in [6.07, 6.45) is 6.36. The van der Waals surface area contributed by atoms with Crippen LogP contribution in [0, 0.1) is 0 Å². The van der Waals surface area contributed by atoms with Gasteiger partial charge in [-0.1, -0.05) is 0 Å². The van der Waals surface area contributed by atoms with Gasteiger partial charge in [-0.2, -0.15) is 0 Å². The fraction of sp³-hybridized carbons (Fsp3) is 0.688. The van der Waals surface area contributed by atoms with Gasteiger partial charge in [0.25, 0.3) is 0 Å². The Morgan fingerprint density at radius 1 is 1.30 bits per heavy atom. The highest BCUT2D eigenvalue weighted by Crippen LogP contribution is 2.25. The van der Waals surface area contributed by atoms with Crippen molar-refractivity contribution in [3.05, 3.63) is 18.5 Å². The summed E-state index contributed by atoms with van der Waals surface area (Å²) in [6, 6.07) is 1.77. The van der Waals surface area contributed by atoms with Crippen LogP contribution in [0.4, 0.5) is 5.95 Å². The normalized spacial score (nSPS) is 25.0. The van der Waals surface area contributed by atoms with Crippen LogP contribution in [0.1, 0.15) is 19.3 Å². The molecular weight excluding hydrogens is 294 g/mol. The molecule has 0 unspecified atom stereocenters. The predicted molar refractivity (Wildman–Crippen MR) is 87.1 cm³/mol. The van der Waals surface area contributed by atoms with Gasteiger partial charge in [-0.25, -0.2) is 9.97 Å². The summed E-state index contributed by atoms with van der Waals surface area (Å²) < 4.78 is 0. The Kier molecular flexibility index (Phi) is 4.77. The number of carbonyl (C=O) groups excluding carboxylic acids is 1. The number of nitrogens with zero attached hydrogens (tertiary/aromatic N) is 5. The molecule has 126 valence electrons. The summed E-state index contributed by atoms with van der Waals surface area (Å²) in [7, 11) is 1.78. The molecule has 1 aromatic rings. The summed E-state index contributed by atoms with van der Waals surface area (Å²) in [5.41, 5.74) is -0.894. The molecule has 0 aromatic carbocycles. The third kappa shape index (κ3) is 3.97. The van der Waals surface area contributed by atoms with E-state index in [1.807, 2.05) is 4.90 Å². The summed E-state index contributed by atoms with van der Waals surface area (Å²) in [5, 5.41) is 10.8. The van der Waals surface area contributed by atoms with Crippen LogP contribution >= 0.6 is 0 Å². The fourth-order valence-corrected chi connectivity index (χ4v) is 3.39. The Morgan fingerprint density at radius 2 is 2.00 bits per heavy atom. The van der Waals surface area contributed by atoms with E-state index in [1.54, 1.807) is 30.4 Å². The van der Waals surface area contributed by atoms with Gasteiger partial charge in [0.05, 0.1) is 19.6 Å². The van der Waals surface area contributed by atoms with E-state index in [0.29, 0.717) is 38.5 Å². The Hall–Kier alpha value is -1.73. The maximum Gasteiger partial charge on any atom is 0.236 e. The minimum atomic E-state index is -0.894. The van der Waals surface area contributed by atoms with E-state index in [-0.39, 0.29) is 5.91 Å². The maximum absolute atomic E-state index is 12.3. The molecular formula is C16H25N5O2. The van der Waals surface area contributed by atoms with Crippen molar-refractivity contribution in [3.8, 4) is 0 Å². The van der Waals surface area contributed by atoms with Gasteiger partial charge >= 0.3 is 0 Å². The molecule has 0 radical (unpaired) electrons. The molecule has 1 atom stereocenters. The first-order valence-electron chi connectivity index (χ1n) is 8.26. The number of hydrogen-bond donors (Lipinski definition) is 1. The first-order chi connectivity index (χ1) is 11.1. The van der Waals surface area contributed by atoms with Gasteiger partial charge < -0.3 is 14.9 Å². The van der Waals surface area contributed by atoms with Crippen LogP contribution < -0.4 is 4.90 Å². The molecule has 1 aromatic heterocycles. The Bertz CT molecular complexity index is 535. The minimum absolute atomic E-state index is 0.0785. The number of anilines is 1. The smallest absolute Gasteiger partial charge is 0.236 e. The van der Waals surface area contributed by atoms with Gasteiger partial charge in [-0.05, 0) is 38.4 Å². The van der Waals surface area contributed by atoms with Crippen LogP contribution in [-0.4, -0.2) is 82.7 Å². The lowest BCUT2D eigenvalue weighted by Gasteiger charge is -2.30. The predicted octanol–water partition coefficient (Wildman–Crippen LogP) is -0.0280. The zero-order valence-electron chi connectivity index (χ0n) is 13.7. The Labute approximate surface area is 136 Å². The highest BCUT2D eigenvalue weighted by Gasteiger charge is 2.39. The molecule has 7 nitrogen and oxygen atoms in total. The molecule has 23 heavy (non-hydrogen) atoms. The third-order valence-corrected chi connectivity index (χ3v) is 4.68. The number of likely N-dealkylation sites (N-methyl/N-ethyl adjacent to an activating group) is 1. The van der Waals surface area contributed by atoms with Crippen molar-refractivity contribution in [1.82, 2.24) is 19.8 Å². The minimum Gasteiger partial charge on any atom is -0.386 e. The summed E-state index contributed by atoms with van der Waals surface area (Å²) in [6.45, 7) is 3.97. The van der Waals surface area contributed by atoms with Crippen molar-refractivity contribution in [1.29, 1.82) is 0 Å². The zero-order valence-corrected chi connectivity index (χ0v) is 13.7. The average Bonchev–Trinajstić information content (AvgIpc) is 3.18. The largest absolute Gasteiger partial charge is 0.386 e. The molecule has 2 saturated heterocycles. The highest BCUT2D eigenvalue weighted by molar-refractivity contribution is 5.78. The second-order valence-corrected chi connectivity index (χ2v) is 6.68. The molecule has 2 aliphatic heterocycles. The number of amides is 1. The maximum atomic E-state index is 12.3. The highest BCUT2D eigenvalue weighted by atomic mass is 16.3. The van der Waals surface area contributed by atoms with Gasteiger partial charge in [0.15, 0.2) is 0 Å². The molecule has 3 heterocycles. The monoisotopic (exact) mass is 319 g/mol. The second kappa shape index (κ2) is 6.80. The van der Waals surface area contributed by atoms with Crippen molar-refractivity contribution >= 4 is 11.9 Å². The molecule has 0 spiro atoms. The molecule has 0 aliphatic carbocycles. The van der Waals surface area contributed by atoms with Crippen LogP contribution in [0.15, 0.2) is 18.5 Å². The first-order valence-corrected chi connectivity index (χ1v) is 8.26. The van der Waals surface area contributed by atoms with Crippen molar-refractivity contribution in [2.45, 2.75) is 24.9 Å². The molecule has 2 aliphatic rings. The van der Waals surface area contributed by atoms with Crippen molar-refractivity contribution in [2.75, 3.05) is 51.2 Å². The number of hydrogen-bond acceptors (Lipinski definition) is 6. The molecule has 1 amide bonds. The van der Waals surface area contributed by atoms with Crippen LogP contribution in [0.5, 0.6) is 0 Å². The fourth-order valence-electron chi connectivity index (χ4n) is 3.39. The lowest BCUT2D eigenvalue weighted by Crippen LogP contribution is -2.48. The van der Waals surface area contributed by atoms with E-state index in [1.165, 1.54) is 12.8 Å². The number of aromatic nitrogens is 2. The number of β-amino-alcohol motifs (C(OH)–C–C–N with tert-alkyl or cyclic N) is 1. The molecule has 0 bridgehead atoms. The molecule has 7 heteroatoms. The van der Waals surface area contributed by atoms with Crippen molar-refractivity contribution < 1.29 is 9.90 Å². The summed E-state index contributed by atoms with van der Waals surface area (Å²) in [4.78, 5) is 26.6. The SMILES string of the molecule is CN(C[C@]1(O)CCN(c2ncccn2)C1)C(=O)CN1CCCC1. The third-order valence-electron chi connectivity index (χ3n) is 4.68. The Balaban J connectivity index is 1.53. The van der Waals surface area contributed by atoms with Gasteiger partial charge in [-0.3, -0.25) is 9.69 Å². The van der Waals surface area contributed by atoms with Crippen LogP contribution in [0.2, 0.25) is 0 Å². The van der Waals surface area contributed by atoms with Crippen LogP contribution in [0.3, 0.4) is 0 Å². The lowest BCUT2D eigenvalue weighted by atomic mass is 10.0. The summed E-state index contributed by atoms with van der Waals surface area (Å²) >= 11 is 0. The number of aliphatic hydroxyl groups is 1. The number of carbonyl (C=O) groups is 1. The second-order valence-electron chi connectivity index (χ2n) is 6.68. The first kappa shape index (κ1) is 16.1. The van der Waals surface area contributed by atoms with Gasteiger partial charge in [-0.15, -0.1) is 0 Å². The van der Waals surface area contributed by atoms with E-state index in [0.717, 1.165) is 13.1 Å². The molecule has 1 N–H and O–H groups in total. The van der Waals surface area contributed by atoms with Crippen molar-refractivity contribution in [3.63, 3.8) is 0 Å². The molecule has 2 fully saturated rings. The number of rotatable bonds is 5. The van der Waals surface area contributed by atoms with E-state index in [4.69, 9.17) is 0 Å². The quantitative estimate of drug-likeness (QED) is 0.822. The van der Waals surface area contributed by atoms with E-state index in [9.17, 15) is 9.90 Å². The van der Waals surface area contributed by atoms with E-state index in [2.05, 4.69) is 14.9 Å². The number of likely N-dealkylation sites (tertiary alicyclic amines) is 1. The average molecular weight is 319 g/mol. The standard InChI is InChI=1S/C16H25N5O2/c1-19(14(22)11-20-8-2-3-9-20)12-16(23)5-10-21(13-16)15-17-6-4-7-18-15/h4,6-7,23H,2-3,5,8-13H2,1H3/t16-/m1/s1. The van der Waals surface area contributed by atoms with Crippen molar-refractivity contribution in [2.24, 2.45) is 0 Å².